The van der Waals surface area contributed by atoms with Crippen molar-refractivity contribution in [3.05, 3.63) is 35.2 Å². The molecular formula is C15H26N2. The molecule has 0 rings (SSSR count). The van der Waals surface area contributed by atoms with E-state index in [1.807, 2.05) is 20.2 Å². The van der Waals surface area contributed by atoms with Crippen LogP contribution in [-0.2, 0) is 0 Å². The fourth-order valence-corrected chi connectivity index (χ4v) is 1.50. The standard InChI is InChI=1S/C15H26N2/c1-6-9-11-13(4)14(12-10-7-2)15(16-5)17-8-3/h8,10-12,16H,6-7,9H2,1-5H3/b12-10-,13-11+,15-14-,17-8-. The highest BCUT2D eigenvalue weighted by atomic mass is 15.0. The first-order chi connectivity index (χ1) is 8.21. The Balaban J connectivity index is 5.30. The van der Waals surface area contributed by atoms with E-state index in [4.69, 9.17) is 0 Å². The molecule has 0 aliphatic heterocycles. The fraction of sp³-hybridized carbons (Fsp3) is 0.533. The van der Waals surface area contributed by atoms with Gasteiger partial charge in [-0.25, -0.2) is 4.99 Å². The van der Waals surface area contributed by atoms with Crippen LogP contribution in [0.25, 0.3) is 0 Å². The Morgan fingerprint density at radius 1 is 1.29 bits per heavy atom. The third-order valence-corrected chi connectivity index (χ3v) is 2.43. The van der Waals surface area contributed by atoms with Crippen molar-refractivity contribution in [1.29, 1.82) is 0 Å². The lowest BCUT2D eigenvalue weighted by molar-refractivity contribution is 0.931. The van der Waals surface area contributed by atoms with Crippen LogP contribution in [0.1, 0.15) is 47.0 Å². The summed E-state index contributed by atoms with van der Waals surface area (Å²) in [6, 6.07) is 0. The molecule has 0 aliphatic rings. The number of aliphatic imine (C=N–C) groups is 1. The SMILES string of the molecule is C\C=N/C(NC)=C(/C=C\CC)C(\C)=C\CCC. The summed E-state index contributed by atoms with van der Waals surface area (Å²) in [5, 5.41) is 3.16. The van der Waals surface area contributed by atoms with Gasteiger partial charge in [0, 0.05) is 18.8 Å². The van der Waals surface area contributed by atoms with Gasteiger partial charge in [0.25, 0.3) is 0 Å². The van der Waals surface area contributed by atoms with Crippen molar-refractivity contribution >= 4 is 6.21 Å². The van der Waals surface area contributed by atoms with E-state index in [2.05, 4.69) is 49.3 Å². The van der Waals surface area contributed by atoms with Gasteiger partial charge >= 0.3 is 0 Å². The molecule has 96 valence electrons. The second-order valence-electron chi connectivity index (χ2n) is 3.89. The van der Waals surface area contributed by atoms with Crippen LogP contribution >= 0.6 is 0 Å². The topological polar surface area (TPSA) is 24.4 Å². The molecule has 0 radical (unpaired) electrons. The predicted octanol–water partition coefficient (Wildman–Crippen LogP) is 4.22. The monoisotopic (exact) mass is 234 g/mol. The molecule has 2 heteroatoms. The van der Waals surface area contributed by atoms with Gasteiger partial charge in [0.1, 0.15) is 5.82 Å². The molecule has 0 aliphatic carbocycles. The molecule has 0 fully saturated rings. The Hall–Kier alpha value is -1.31. The van der Waals surface area contributed by atoms with Gasteiger partial charge in [-0.2, -0.15) is 0 Å². The van der Waals surface area contributed by atoms with Crippen LogP contribution in [0.5, 0.6) is 0 Å². The number of hydrogen-bond acceptors (Lipinski definition) is 2. The zero-order valence-electron chi connectivity index (χ0n) is 11.9. The van der Waals surface area contributed by atoms with Crippen LogP contribution in [0, 0.1) is 0 Å². The highest BCUT2D eigenvalue weighted by molar-refractivity contribution is 5.57. The molecule has 17 heavy (non-hydrogen) atoms. The third-order valence-electron chi connectivity index (χ3n) is 2.43. The lowest BCUT2D eigenvalue weighted by atomic mass is 10.0. The minimum atomic E-state index is 0.932. The van der Waals surface area contributed by atoms with E-state index < -0.39 is 0 Å². The highest BCUT2D eigenvalue weighted by Crippen LogP contribution is 2.17. The van der Waals surface area contributed by atoms with Crippen LogP contribution in [0.2, 0.25) is 0 Å². The van der Waals surface area contributed by atoms with Gasteiger partial charge in [-0.3, -0.25) is 0 Å². The number of allylic oxidation sites excluding steroid dienone is 5. The number of nitrogens with zero attached hydrogens (tertiary/aromatic N) is 1. The van der Waals surface area contributed by atoms with Crippen LogP contribution in [-0.4, -0.2) is 13.3 Å². The average Bonchev–Trinajstić information content (AvgIpc) is 2.35. The molecule has 0 aromatic heterocycles. The Kier molecular flexibility index (Phi) is 9.12. The number of rotatable bonds is 7. The smallest absolute Gasteiger partial charge is 0.132 e. The first-order valence-corrected chi connectivity index (χ1v) is 6.45. The predicted molar refractivity (Wildman–Crippen MR) is 78.3 cm³/mol. The highest BCUT2D eigenvalue weighted by Gasteiger charge is 2.02. The van der Waals surface area contributed by atoms with Gasteiger partial charge in [0.15, 0.2) is 0 Å². The maximum Gasteiger partial charge on any atom is 0.132 e. The first-order valence-electron chi connectivity index (χ1n) is 6.45. The molecule has 0 aromatic rings. The lowest BCUT2D eigenvalue weighted by Crippen LogP contribution is -2.07. The lowest BCUT2D eigenvalue weighted by Gasteiger charge is -2.09. The van der Waals surface area contributed by atoms with Crippen molar-refractivity contribution in [2.75, 3.05) is 7.05 Å². The third kappa shape index (κ3) is 6.10. The fourth-order valence-electron chi connectivity index (χ4n) is 1.50. The van der Waals surface area contributed by atoms with Gasteiger partial charge in [-0.1, -0.05) is 38.5 Å². The van der Waals surface area contributed by atoms with E-state index in [0.29, 0.717) is 0 Å². The Labute approximate surface area is 106 Å². The van der Waals surface area contributed by atoms with Crippen LogP contribution in [0.15, 0.2) is 40.2 Å². The van der Waals surface area contributed by atoms with Gasteiger partial charge in [-0.15, -0.1) is 0 Å². The summed E-state index contributed by atoms with van der Waals surface area (Å²) in [4.78, 5) is 4.38. The first kappa shape index (κ1) is 15.7. The molecule has 0 unspecified atom stereocenters. The van der Waals surface area contributed by atoms with Crippen LogP contribution < -0.4 is 5.32 Å². The summed E-state index contributed by atoms with van der Waals surface area (Å²) >= 11 is 0. The average molecular weight is 234 g/mol. The van der Waals surface area contributed by atoms with E-state index in [9.17, 15) is 0 Å². The van der Waals surface area contributed by atoms with Crippen molar-refractivity contribution < 1.29 is 0 Å². The van der Waals surface area contributed by atoms with Gasteiger partial charge in [-0.05, 0) is 32.3 Å². The Morgan fingerprint density at radius 2 is 2.00 bits per heavy atom. The maximum absolute atomic E-state index is 4.38. The van der Waals surface area contributed by atoms with Crippen LogP contribution in [0.3, 0.4) is 0 Å². The number of nitrogens with one attached hydrogen (secondary N) is 1. The van der Waals surface area contributed by atoms with Gasteiger partial charge in [0.2, 0.25) is 0 Å². The minimum absolute atomic E-state index is 0.932. The molecular weight excluding hydrogens is 208 g/mol. The van der Waals surface area contributed by atoms with Crippen molar-refractivity contribution in [3.63, 3.8) is 0 Å². The zero-order valence-corrected chi connectivity index (χ0v) is 11.9. The quantitative estimate of drug-likeness (QED) is 0.517. The van der Waals surface area contributed by atoms with E-state index in [-0.39, 0.29) is 0 Å². The molecule has 0 heterocycles. The van der Waals surface area contributed by atoms with Crippen molar-refractivity contribution in [1.82, 2.24) is 5.32 Å². The second kappa shape index (κ2) is 9.88. The number of hydrogen-bond donors (Lipinski definition) is 1. The van der Waals surface area contributed by atoms with Crippen molar-refractivity contribution in [3.8, 4) is 0 Å². The normalized spacial score (nSPS) is 14.5. The zero-order chi connectivity index (χ0) is 13.1. The summed E-state index contributed by atoms with van der Waals surface area (Å²) in [7, 11) is 1.91. The molecule has 2 nitrogen and oxygen atoms in total. The molecule has 1 N–H and O–H groups in total. The van der Waals surface area contributed by atoms with E-state index in [0.717, 1.165) is 18.7 Å². The summed E-state index contributed by atoms with van der Waals surface area (Å²) in [6.45, 7) is 8.41. The molecule has 0 amide bonds. The Bertz CT molecular complexity index is 320. The van der Waals surface area contributed by atoms with Crippen molar-refractivity contribution in [2.24, 2.45) is 4.99 Å². The minimum Gasteiger partial charge on any atom is -0.373 e. The van der Waals surface area contributed by atoms with Crippen molar-refractivity contribution in [2.45, 2.75) is 47.0 Å². The van der Waals surface area contributed by atoms with Gasteiger partial charge in [0.05, 0.1) is 0 Å². The molecule has 0 saturated heterocycles. The Morgan fingerprint density at radius 3 is 2.47 bits per heavy atom. The maximum atomic E-state index is 4.38. The molecule has 0 atom stereocenters. The van der Waals surface area contributed by atoms with E-state index in [1.165, 1.54) is 17.6 Å². The van der Waals surface area contributed by atoms with Crippen LogP contribution in [0.4, 0.5) is 0 Å². The molecule has 0 bridgehead atoms. The van der Waals surface area contributed by atoms with E-state index in [1.54, 1.807) is 0 Å². The summed E-state index contributed by atoms with van der Waals surface area (Å²) in [5.41, 5.74) is 2.47. The molecule has 0 saturated carbocycles. The second-order valence-corrected chi connectivity index (χ2v) is 3.89. The molecule has 0 aromatic carbocycles. The summed E-state index contributed by atoms with van der Waals surface area (Å²) < 4.78 is 0. The van der Waals surface area contributed by atoms with E-state index >= 15 is 0 Å². The largest absolute Gasteiger partial charge is 0.373 e. The number of unbranched alkanes of at least 4 members (excludes halogenated alkanes) is 1. The summed E-state index contributed by atoms with van der Waals surface area (Å²) in [6.07, 6.45) is 11.7. The summed E-state index contributed by atoms with van der Waals surface area (Å²) in [5.74, 6) is 0.932. The van der Waals surface area contributed by atoms with Gasteiger partial charge < -0.3 is 5.32 Å². The molecule has 0 spiro atoms.